The van der Waals surface area contributed by atoms with Crippen LogP contribution in [0.15, 0.2) is 71.7 Å². The summed E-state index contributed by atoms with van der Waals surface area (Å²) in [6.07, 6.45) is 1.65. The third kappa shape index (κ3) is 4.13. The lowest BCUT2D eigenvalue weighted by molar-refractivity contribution is 0.122. The Morgan fingerprint density at radius 3 is 2.61 bits per heavy atom. The summed E-state index contributed by atoms with van der Waals surface area (Å²) < 4.78 is 5.43. The summed E-state index contributed by atoms with van der Waals surface area (Å²) >= 11 is 6.18. The van der Waals surface area contributed by atoms with E-state index in [4.69, 9.17) is 21.3 Å². The molecule has 1 aliphatic heterocycles. The van der Waals surface area contributed by atoms with Crippen molar-refractivity contribution in [1.29, 1.82) is 0 Å². The summed E-state index contributed by atoms with van der Waals surface area (Å²) in [5.41, 5.74) is 3.46. The van der Waals surface area contributed by atoms with Gasteiger partial charge in [-0.15, -0.1) is 0 Å². The molecule has 0 saturated carbocycles. The Bertz CT molecular complexity index is 1280. The summed E-state index contributed by atoms with van der Waals surface area (Å²) in [6, 6.07) is 19.5. The van der Waals surface area contributed by atoms with Gasteiger partial charge in [-0.05, 0) is 53.9 Å². The van der Waals surface area contributed by atoms with E-state index in [2.05, 4.69) is 27.3 Å². The van der Waals surface area contributed by atoms with Gasteiger partial charge in [0.15, 0.2) is 0 Å². The number of nitrogens with zero attached hydrogens (tertiary/aromatic N) is 2. The number of morpholine rings is 1. The molecule has 31 heavy (non-hydrogen) atoms. The van der Waals surface area contributed by atoms with Gasteiger partial charge in [-0.3, -0.25) is 4.79 Å². The lowest BCUT2D eigenvalue weighted by Crippen LogP contribution is -2.36. The Kier molecular flexibility index (Phi) is 5.32. The molecule has 0 amide bonds. The Labute approximate surface area is 184 Å². The van der Waals surface area contributed by atoms with E-state index in [-0.39, 0.29) is 5.56 Å². The Balaban J connectivity index is 1.53. The second kappa shape index (κ2) is 8.41. The maximum Gasteiger partial charge on any atom is 0.259 e. The van der Waals surface area contributed by atoms with Crippen LogP contribution >= 0.6 is 11.6 Å². The van der Waals surface area contributed by atoms with Crippen LogP contribution in [0.2, 0.25) is 5.02 Å². The standard InChI is InChI=1S/C24H21ClN4O2/c25-18-3-1-2-16(14-18)21-15-17-8-9-26-24(30)22(17)23(28-21)27-19-4-6-20(7-5-19)29-10-12-31-13-11-29/h1-9,14-15H,10-13H2,(H,26,30)(H,27,28). The minimum atomic E-state index is -0.185. The van der Waals surface area contributed by atoms with Crippen LogP contribution in [0.1, 0.15) is 0 Å². The van der Waals surface area contributed by atoms with Crippen LogP contribution < -0.4 is 15.8 Å². The van der Waals surface area contributed by atoms with Gasteiger partial charge in [0.2, 0.25) is 0 Å². The van der Waals surface area contributed by atoms with Crippen molar-refractivity contribution in [2.24, 2.45) is 0 Å². The molecule has 2 N–H and O–H groups in total. The average Bonchev–Trinajstić information content (AvgIpc) is 2.80. The third-order valence-electron chi connectivity index (χ3n) is 5.38. The van der Waals surface area contributed by atoms with Crippen LogP contribution in [0.5, 0.6) is 0 Å². The molecule has 156 valence electrons. The summed E-state index contributed by atoms with van der Waals surface area (Å²) in [7, 11) is 0. The summed E-state index contributed by atoms with van der Waals surface area (Å²) in [4.78, 5) is 22.4. The third-order valence-corrected chi connectivity index (χ3v) is 5.62. The highest BCUT2D eigenvalue weighted by molar-refractivity contribution is 6.30. The summed E-state index contributed by atoms with van der Waals surface area (Å²) in [6.45, 7) is 3.26. The molecule has 0 unspecified atom stereocenters. The maximum atomic E-state index is 12.6. The number of anilines is 3. The van der Waals surface area contributed by atoms with Crippen molar-refractivity contribution >= 4 is 39.6 Å². The number of benzene rings is 2. The lowest BCUT2D eigenvalue weighted by Gasteiger charge is -2.28. The molecule has 3 heterocycles. The van der Waals surface area contributed by atoms with Crippen molar-refractivity contribution in [3.05, 3.63) is 82.2 Å². The number of nitrogens with one attached hydrogen (secondary N) is 2. The van der Waals surface area contributed by atoms with Gasteiger partial charge in [-0.25, -0.2) is 4.98 Å². The molecular weight excluding hydrogens is 412 g/mol. The number of hydrogen-bond donors (Lipinski definition) is 2. The van der Waals surface area contributed by atoms with E-state index in [1.165, 1.54) is 0 Å². The first-order valence-corrected chi connectivity index (χ1v) is 10.5. The average molecular weight is 433 g/mol. The van der Waals surface area contributed by atoms with Crippen molar-refractivity contribution < 1.29 is 4.74 Å². The van der Waals surface area contributed by atoms with E-state index < -0.39 is 0 Å². The van der Waals surface area contributed by atoms with Crippen LogP contribution in [0.4, 0.5) is 17.2 Å². The maximum absolute atomic E-state index is 12.6. The Morgan fingerprint density at radius 2 is 1.84 bits per heavy atom. The minimum Gasteiger partial charge on any atom is -0.378 e. The molecule has 0 spiro atoms. The van der Waals surface area contributed by atoms with Crippen LogP contribution in [0.3, 0.4) is 0 Å². The van der Waals surface area contributed by atoms with Crippen LogP contribution in [0.25, 0.3) is 22.0 Å². The minimum absolute atomic E-state index is 0.185. The lowest BCUT2D eigenvalue weighted by atomic mass is 10.1. The van der Waals surface area contributed by atoms with E-state index in [1.54, 1.807) is 6.20 Å². The quantitative estimate of drug-likeness (QED) is 0.483. The fraction of sp³-hybridized carbons (Fsp3) is 0.167. The topological polar surface area (TPSA) is 70.2 Å². The molecule has 1 saturated heterocycles. The molecule has 0 bridgehead atoms. The van der Waals surface area contributed by atoms with Gasteiger partial charge >= 0.3 is 0 Å². The van der Waals surface area contributed by atoms with E-state index in [9.17, 15) is 4.79 Å². The monoisotopic (exact) mass is 432 g/mol. The molecular formula is C24H21ClN4O2. The molecule has 4 aromatic rings. The fourth-order valence-electron chi connectivity index (χ4n) is 3.81. The number of pyridine rings is 2. The van der Waals surface area contributed by atoms with E-state index in [1.807, 2.05) is 48.5 Å². The number of H-pyrrole nitrogens is 1. The molecule has 1 fully saturated rings. The van der Waals surface area contributed by atoms with Crippen molar-refractivity contribution in [3.63, 3.8) is 0 Å². The van der Waals surface area contributed by atoms with Crippen molar-refractivity contribution in [2.75, 3.05) is 36.5 Å². The zero-order valence-electron chi connectivity index (χ0n) is 16.8. The first kappa shape index (κ1) is 19.6. The Hall–Kier alpha value is -3.35. The van der Waals surface area contributed by atoms with Crippen molar-refractivity contribution in [2.45, 2.75) is 0 Å². The first-order chi connectivity index (χ1) is 15.2. The normalized spacial score (nSPS) is 14.0. The molecule has 0 atom stereocenters. The summed E-state index contributed by atoms with van der Waals surface area (Å²) in [5, 5.41) is 5.30. The summed E-state index contributed by atoms with van der Waals surface area (Å²) in [5.74, 6) is 0.508. The predicted molar refractivity (Wildman–Crippen MR) is 126 cm³/mol. The highest BCUT2D eigenvalue weighted by atomic mass is 35.5. The molecule has 1 aliphatic rings. The molecule has 7 heteroatoms. The smallest absolute Gasteiger partial charge is 0.259 e. The zero-order valence-corrected chi connectivity index (χ0v) is 17.5. The van der Waals surface area contributed by atoms with Gasteiger partial charge in [-0.1, -0.05) is 23.7 Å². The van der Waals surface area contributed by atoms with Crippen molar-refractivity contribution in [1.82, 2.24) is 9.97 Å². The van der Waals surface area contributed by atoms with Crippen molar-refractivity contribution in [3.8, 4) is 11.3 Å². The SMILES string of the molecule is O=c1[nH]ccc2cc(-c3cccc(Cl)c3)nc(Nc3ccc(N4CCOCC4)cc3)c12. The van der Waals surface area contributed by atoms with Crippen LogP contribution in [-0.4, -0.2) is 36.3 Å². The van der Waals surface area contributed by atoms with Gasteiger partial charge in [0.1, 0.15) is 5.82 Å². The molecule has 2 aromatic carbocycles. The van der Waals surface area contributed by atoms with Gasteiger partial charge < -0.3 is 19.9 Å². The number of halogens is 1. The number of ether oxygens (including phenoxy) is 1. The second-order valence-corrected chi connectivity index (χ2v) is 7.85. The van der Waals surface area contributed by atoms with Crippen LogP contribution in [0, 0.1) is 0 Å². The second-order valence-electron chi connectivity index (χ2n) is 7.41. The molecule has 0 aliphatic carbocycles. The number of hydrogen-bond acceptors (Lipinski definition) is 5. The number of aromatic amines is 1. The number of aromatic nitrogens is 2. The predicted octanol–water partition coefficient (Wildman–Crippen LogP) is 4.82. The fourth-order valence-corrected chi connectivity index (χ4v) is 4.00. The first-order valence-electron chi connectivity index (χ1n) is 10.2. The number of fused-ring (bicyclic) bond motifs is 1. The van der Waals surface area contributed by atoms with Gasteiger partial charge in [-0.2, -0.15) is 0 Å². The largest absolute Gasteiger partial charge is 0.378 e. The molecule has 6 nitrogen and oxygen atoms in total. The van der Waals surface area contributed by atoms with E-state index in [0.29, 0.717) is 16.2 Å². The molecule has 2 aromatic heterocycles. The Morgan fingerprint density at radius 1 is 1.03 bits per heavy atom. The number of rotatable bonds is 4. The van der Waals surface area contributed by atoms with E-state index >= 15 is 0 Å². The highest BCUT2D eigenvalue weighted by Gasteiger charge is 2.13. The van der Waals surface area contributed by atoms with E-state index in [0.717, 1.165) is 54.3 Å². The molecule has 5 rings (SSSR count). The van der Waals surface area contributed by atoms with Crippen LogP contribution in [-0.2, 0) is 4.74 Å². The van der Waals surface area contributed by atoms with Gasteiger partial charge in [0.05, 0.1) is 24.3 Å². The van der Waals surface area contributed by atoms with Gasteiger partial charge in [0.25, 0.3) is 5.56 Å². The highest BCUT2D eigenvalue weighted by Crippen LogP contribution is 2.29. The zero-order chi connectivity index (χ0) is 21.2. The molecule has 0 radical (unpaired) electrons. The van der Waals surface area contributed by atoms with Gasteiger partial charge in [0, 0.05) is 41.2 Å².